The zero-order chi connectivity index (χ0) is 11.6. The van der Waals surface area contributed by atoms with Gasteiger partial charge in [-0.2, -0.15) is 0 Å². The van der Waals surface area contributed by atoms with E-state index in [4.69, 9.17) is 4.74 Å². The smallest absolute Gasteiger partial charge is 0.153 e. The number of benzene rings is 1. The van der Waals surface area contributed by atoms with Crippen molar-refractivity contribution in [3.05, 3.63) is 35.9 Å². The number of unbranched alkanes of at least 4 members (excludes halogenated alkanes) is 3. The Kier molecular flexibility index (Phi) is 6.50. The van der Waals surface area contributed by atoms with Crippen molar-refractivity contribution in [1.82, 2.24) is 0 Å². The Labute approximate surface area is 97.6 Å². The van der Waals surface area contributed by atoms with Gasteiger partial charge in [-0.1, -0.05) is 56.5 Å². The van der Waals surface area contributed by atoms with Crippen molar-refractivity contribution in [2.45, 2.75) is 38.7 Å². The Balaban J connectivity index is 2.30. The van der Waals surface area contributed by atoms with Crippen LogP contribution in [0.5, 0.6) is 0 Å². The number of hydrogen-bond donors (Lipinski definition) is 0. The van der Waals surface area contributed by atoms with Crippen LogP contribution in [0.15, 0.2) is 30.3 Å². The van der Waals surface area contributed by atoms with Gasteiger partial charge in [0.1, 0.15) is 6.10 Å². The summed E-state index contributed by atoms with van der Waals surface area (Å²) in [6.07, 6.45) is 5.13. The second-order valence-electron chi connectivity index (χ2n) is 3.90. The third-order valence-corrected chi connectivity index (χ3v) is 2.55. The molecule has 1 aromatic carbocycles. The molecule has 0 spiro atoms. The topological polar surface area (TPSA) is 26.3 Å². The summed E-state index contributed by atoms with van der Waals surface area (Å²) in [5.41, 5.74) is 0.938. The van der Waals surface area contributed by atoms with E-state index in [0.717, 1.165) is 18.3 Å². The molecular formula is C14H20O2. The van der Waals surface area contributed by atoms with E-state index in [-0.39, 0.29) is 0 Å². The molecule has 88 valence electrons. The molecule has 1 unspecified atom stereocenters. The van der Waals surface area contributed by atoms with Crippen LogP contribution in [0.1, 0.15) is 44.3 Å². The fraction of sp³-hybridized carbons (Fsp3) is 0.500. The van der Waals surface area contributed by atoms with Gasteiger partial charge in [0.25, 0.3) is 0 Å². The molecule has 16 heavy (non-hydrogen) atoms. The van der Waals surface area contributed by atoms with Crippen molar-refractivity contribution < 1.29 is 9.53 Å². The molecule has 1 rings (SSSR count). The summed E-state index contributed by atoms with van der Waals surface area (Å²) < 4.78 is 5.56. The quantitative estimate of drug-likeness (QED) is 0.495. The van der Waals surface area contributed by atoms with Gasteiger partial charge in [0, 0.05) is 6.61 Å². The SMILES string of the molecule is CCCCCCOC(C=O)c1ccccc1. The minimum atomic E-state index is -0.400. The maximum absolute atomic E-state index is 10.9. The van der Waals surface area contributed by atoms with Crippen LogP contribution in [0.3, 0.4) is 0 Å². The second-order valence-corrected chi connectivity index (χ2v) is 3.90. The Morgan fingerprint density at radius 3 is 2.56 bits per heavy atom. The molecular weight excluding hydrogens is 200 g/mol. The predicted octanol–water partition coefficient (Wildman–Crippen LogP) is 3.52. The maximum atomic E-state index is 10.9. The number of rotatable bonds is 8. The van der Waals surface area contributed by atoms with Gasteiger partial charge in [-0.15, -0.1) is 0 Å². The Morgan fingerprint density at radius 2 is 1.94 bits per heavy atom. The molecule has 0 aliphatic rings. The summed E-state index contributed by atoms with van der Waals surface area (Å²) >= 11 is 0. The summed E-state index contributed by atoms with van der Waals surface area (Å²) in [5.74, 6) is 0. The Bertz CT molecular complexity index is 282. The molecule has 0 saturated heterocycles. The average Bonchev–Trinajstić information content (AvgIpc) is 2.35. The van der Waals surface area contributed by atoms with E-state index in [0.29, 0.717) is 6.61 Å². The van der Waals surface area contributed by atoms with E-state index in [1.54, 1.807) is 0 Å². The molecule has 2 nitrogen and oxygen atoms in total. The third-order valence-electron chi connectivity index (χ3n) is 2.55. The van der Waals surface area contributed by atoms with Gasteiger partial charge in [-0.25, -0.2) is 0 Å². The Morgan fingerprint density at radius 1 is 1.19 bits per heavy atom. The average molecular weight is 220 g/mol. The molecule has 1 atom stereocenters. The van der Waals surface area contributed by atoms with Crippen molar-refractivity contribution >= 4 is 6.29 Å². The van der Waals surface area contributed by atoms with Gasteiger partial charge in [-0.05, 0) is 12.0 Å². The number of carbonyl (C=O) groups excluding carboxylic acids is 1. The van der Waals surface area contributed by atoms with Crippen LogP contribution in [0, 0.1) is 0 Å². The van der Waals surface area contributed by atoms with Crippen LogP contribution in [0.25, 0.3) is 0 Å². The van der Waals surface area contributed by atoms with Gasteiger partial charge < -0.3 is 9.53 Å². The van der Waals surface area contributed by atoms with Crippen molar-refractivity contribution in [3.8, 4) is 0 Å². The van der Waals surface area contributed by atoms with Crippen LogP contribution < -0.4 is 0 Å². The monoisotopic (exact) mass is 220 g/mol. The highest BCUT2D eigenvalue weighted by molar-refractivity contribution is 5.59. The first-order valence-corrected chi connectivity index (χ1v) is 6.00. The largest absolute Gasteiger partial charge is 0.366 e. The first kappa shape index (κ1) is 12.9. The molecule has 0 bridgehead atoms. The molecule has 0 saturated carbocycles. The predicted molar refractivity (Wildman–Crippen MR) is 65.3 cm³/mol. The van der Waals surface area contributed by atoms with E-state index >= 15 is 0 Å². The highest BCUT2D eigenvalue weighted by Crippen LogP contribution is 2.15. The fourth-order valence-electron chi connectivity index (χ4n) is 1.60. The van der Waals surface area contributed by atoms with Gasteiger partial charge in [0.15, 0.2) is 6.29 Å². The lowest BCUT2D eigenvalue weighted by Crippen LogP contribution is -2.06. The van der Waals surface area contributed by atoms with E-state index in [1.165, 1.54) is 19.3 Å². The normalized spacial score (nSPS) is 12.3. The van der Waals surface area contributed by atoms with Gasteiger partial charge >= 0.3 is 0 Å². The molecule has 0 amide bonds. The van der Waals surface area contributed by atoms with Crippen LogP contribution in [0.4, 0.5) is 0 Å². The third kappa shape index (κ3) is 4.58. The second kappa shape index (κ2) is 8.05. The van der Waals surface area contributed by atoms with Crippen molar-refractivity contribution in [3.63, 3.8) is 0 Å². The van der Waals surface area contributed by atoms with Gasteiger partial charge in [0.05, 0.1) is 0 Å². The van der Waals surface area contributed by atoms with E-state index < -0.39 is 6.10 Å². The lowest BCUT2D eigenvalue weighted by atomic mass is 10.1. The van der Waals surface area contributed by atoms with Crippen LogP contribution in [-0.2, 0) is 9.53 Å². The first-order valence-electron chi connectivity index (χ1n) is 6.00. The molecule has 0 N–H and O–H groups in total. The summed E-state index contributed by atoms with van der Waals surface area (Å²) in [6, 6.07) is 9.63. The zero-order valence-electron chi connectivity index (χ0n) is 9.89. The van der Waals surface area contributed by atoms with Crippen molar-refractivity contribution in [2.75, 3.05) is 6.61 Å². The lowest BCUT2D eigenvalue weighted by molar-refractivity contribution is -0.118. The molecule has 0 aliphatic heterocycles. The Hall–Kier alpha value is -1.15. The molecule has 2 heteroatoms. The highest BCUT2D eigenvalue weighted by atomic mass is 16.5. The molecule has 0 aliphatic carbocycles. The van der Waals surface area contributed by atoms with Crippen molar-refractivity contribution in [1.29, 1.82) is 0 Å². The van der Waals surface area contributed by atoms with E-state index in [1.807, 2.05) is 30.3 Å². The van der Waals surface area contributed by atoms with Gasteiger partial charge in [0.2, 0.25) is 0 Å². The lowest BCUT2D eigenvalue weighted by Gasteiger charge is -2.11. The number of aldehydes is 1. The molecule has 0 fully saturated rings. The highest BCUT2D eigenvalue weighted by Gasteiger charge is 2.09. The van der Waals surface area contributed by atoms with Crippen molar-refractivity contribution in [2.24, 2.45) is 0 Å². The molecule has 1 aromatic rings. The zero-order valence-corrected chi connectivity index (χ0v) is 9.89. The number of carbonyl (C=O) groups is 1. The number of hydrogen-bond acceptors (Lipinski definition) is 2. The van der Waals surface area contributed by atoms with E-state index in [9.17, 15) is 4.79 Å². The molecule has 0 radical (unpaired) electrons. The first-order chi connectivity index (χ1) is 7.88. The maximum Gasteiger partial charge on any atom is 0.153 e. The minimum absolute atomic E-state index is 0.400. The summed E-state index contributed by atoms with van der Waals surface area (Å²) in [4.78, 5) is 10.9. The van der Waals surface area contributed by atoms with Crippen LogP contribution >= 0.6 is 0 Å². The van der Waals surface area contributed by atoms with E-state index in [2.05, 4.69) is 6.92 Å². The summed E-state index contributed by atoms with van der Waals surface area (Å²) in [5, 5.41) is 0. The standard InChI is InChI=1S/C14H20O2/c1-2-3-4-8-11-16-14(12-15)13-9-6-5-7-10-13/h5-7,9-10,12,14H,2-4,8,11H2,1H3. The number of ether oxygens (including phenoxy) is 1. The summed E-state index contributed by atoms with van der Waals surface area (Å²) in [6.45, 7) is 2.84. The fourth-order valence-corrected chi connectivity index (χ4v) is 1.60. The molecule has 0 heterocycles. The minimum Gasteiger partial charge on any atom is -0.366 e. The van der Waals surface area contributed by atoms with Gasteiger partial charge in [-0.3, -0.25) is 0 Å². The molecule has 0 aromatic heterocycles. The summed E-state index contributed by atoms with van der Waals surface area (Å²) in [7, 11) is 0. The van der Waals surface area contributed by atoms with Crippen LogP contribution in [-0.4, -0.2) is 12.9 Å². The van der Waals surface area contributed by atoms with Crippen LogP contribution in [0.2, 0.25) is 0 Å².